The highest BCUT2D eigenvalue weighted by Gasteiger charge is 2.61. The number of aliphatic hydroxyl groups excluding tert-OH is 4. The van der Waals surface area contributed by atoms with Crippen LogP contribution in [0.3, 0.4) is 0 Å². The van der Waals surface area contributed by atoms with E-state index in [4.69, 9.17) is 56.8 Å². The van der Waals surface area contributed by atoms with Gasteiger partial charge in [0.05, 0.1) is 78.0 Å². The van der Waals surface area contributed by atoms with Crippen LogP contribution in [-0.2, 0) is 66.4 Å². The number of cyclic esters (lactones) is 2. The second kappa shape index (κ2) is 41.9. The fraction of sp³-hybridized carbons (Fsp3) is 0.976. The lowest BCUT2D eigenvalue weighted by atomic mass is 9.75. The van der Waals surface area contributed by atoms with Crippen LogP contribution in [0.25, 0.3) is 0 Å². The summed E-state index contributed by atoms with van der Waals surface area (Å²) in [6.07, 6.45) is -13.3. The van der Waals surface area contributed by atoms with Gasteiger partial charge in [0, 0.05) is 76.2 Å². The zero-order chi connectivity index (χ0) is 85.1. The van der Waals surface area contributed by atoms with Crippen LogP contribution in [0.2, 0.25) is 0 Å². The molecule has 6 rings (SSSR count). The van der Waals surface area contributed by atoms with E-state index in [1.54, 1.807) is 69.2 Å². The molecule has 0 aromatic heterocycles. The number of nitrogens with zero attached hydrogens (tertiary/aromatic N) is 2. The summed E-state index contributed by atoms with van der Waals surface area (Å²) in [6.45, 7) is 41.8. The molecular weight excluding hydrogens is 1450 g/mol. The zero-order valence-electron chi connectivity index (χ0n) is 73.6. The van der Waals surface area contributed by atoms with Gasteiger partial charge in [0.1, 0.15) is 64.1 Å². The minimum atomic E-state index is -1.81. The molecule has 6 heterocycles. The number of ether oxygens (including phenoxy) is 12. The summed E-state index contributed by atoms with van der Waals surface area (Å²) >= 11 is 0. The van der Waals surface area contributed by atoms with E-state index < -0.39 is 191 Å². The molecule has 0 amide bonds. The Hall–Kier alpha value is -2.10. The molecule has 36 atom stereocenters. The van der Waals surface area contributed by atoms with E-state index in [0.29, 0.717) is 39.0 Å². The van der Waals surface area contributed by atoms with E-state index in [-0.39, 0.29) is 87.7 Å². The lowest BCUT2D eigenvalue weighted by Gasteiger charge is -2.53. The smallest absolute Gasteiger partial charge is 0.311 e. The number of esters is 2. The summed E-state index contributed by atoms with van der Waals surface area (Å²) in [5.41, 5.74) is -11.9. The van der Waals surface area contributed by atoms with Crippen molar-refractivity contribution in [3.8, 4) is 0 Å². The average Bonchev–Trinajstić information content (AvgIpc) is 0.760. The number of carbonyl (C=O) groups excluding carboxylic acids is 2. The van der Waals surface area contributed by atoms with Gasteiger partial charge in [-0.25, -0.2) is 0 Å². The lowest BCUT2D eigenvalue weighted by Crippen LogP contribution is -2.70. The Balaban J connectivity index is 0.000000400. The van der Waals surface area contributed by atoms with E-state index in [0.717, 1.165) is 12.8 Å². The van der Waals surface area contributed by atoms with Gasteiger partial charge in [0.25, 0.3) is 0 Å². The first kappa shape index (κ1) is 100. The van der Waals surface area contributed by atoms with Crippen molar-refractivity contribution >= 4 is 11.9 Å². The maximum absolute atomic E-state index is 14.5. The molecule has 0 saturated carbocycles. The minimum Gasteiger partial charge on any atom is -0.459 e. The number of hydrogen-bond acceptors (Lipinski definition) is 30. The Morgan fingerprint density at radius 2 is 0.938 bits per heavy atom. The molecule has 0 aromatic carbocycles. The number of carbonyl (C=O) groups is 2. The summed E-state index contributed by atoms with van der Waals surface area (Å²) in [7, 11) is 10.6. The highest BCUT2D eigenvalue weighted by Crippen LogP contribution is 2.47. The summed E-state index contributed by atoms with van der Waals surface area (Å²) in [6, 6.07) is -1.75. The van der Waals surface area contributed by atoms with Gasteiger partial charge in [-0.2, -0.15) is 0 Å². The molecule has 30 heteroatoms. The largest absolute Gasteiger partial charge is 0.459 e. The quantitative estimate of drug-likeness (QED) is 0.0482. The second-order valence-corrected chi connectivity index (χ2v) is 36.4. The number of aliphatic hydroxyl groups is 10. The number of methoxy groups -OCH3 is 2. The molecule has 6 saturated heterocycles. The van der Waals surface area contributed by atoms with Gasteiger partial charge in [0.2, 0.25) is 0 Å². The summed E-state index contributed by atoms with van der Waals surface area (Å²) in [4.78, 5) is 32.6. The predicted molar refractivity (Wildman–Crippen MR) is 423 cm³/mol. The van der Waals surface area contributed by atoms with Crippen molar-refractivity contribution in [2.75, 3.05) is 81.7 Å². The molecule has 0 aromatic rings. The van der Waals surface area contributed by atoms with Crippen molar-refractivity contribution in [2.45, 2.75) is 396 Å². The predicted octanol–water partition coefficient (Wildman–Crippen LogP) is 3.86. The summed E-state index contributed by atoms with van der Waals surface area (Å²) in [5, 5.41) is 131. The molecule has 0 spiro atoms. The number of rotatable bonds is 24. The Kier molecular flexibility index (Phi) is 37.6. The molecule has 30 nitrogen and oxygen atoms in total. The van der Waals surface area contributed by atoms with E-state index in [2.05, 4.69) is 21.3 Å². The molecule has 14 N–H and O–H groups in total. The first-order valence-electron chi connectivity index (χ1n) is 41.8. The fourth-order valence-electron chi connectivity index (χ4n) is 18.4. The van der Waals surface area contributed by atoms with Crippen molar-refractivity contribution in [1.82, 2.24) is 31.1 Å². The highest BCUT2D eigenvalue weighted by atomic mass is 16.7. The van der Waals surface area contributed by atoms with Gasteiger partial charge in [-0.1, -0.05) is 55.4 Å². The van der Waals surface area contributed by atoms with Crippen molar-refractivity contribution in [3.63, 3.8) is 0 Å². The van der Waals surface area contributed by atoms with Crippen LogP contribution >= 0.6 is 0 Å². The normalized spacial score (nSPS) is 46.6. The maximum atomic E-state index is 14.5. The van der Waals surface area contributed by atoms with Crippen LogP contribution in [-0.4, -0.2) is 334 Å². The molecule has 0 bridgehead atoms. The first-order valence-corrected chi connectivity index (χ1v) is 41.8. The van der Waals surface area contributed by atoms with Gasteiger partial charge in [-0.15, -0.1) is 0 Å². The first-order chi connectivity index (χ1) is 51.8. The molecule has 0 aliphatic carbocycles. The van der Waals surface area contributed by atoms with Crippen LogP contribution in [0.5, 0.6) is 0 Å². The van der Waals surface area contributed by atoms with E-state index in [1.165, 1.54) is 28.1 Å². The third-order valence-electron chi connectivity index (χ3n) is 26.0. The van der Waals surface area contributed by atoms with Crippen molar-refractivity contribution in [2.24, 2.45) is 35.5 Å². The van der Waals surface area contributed by atoms with Crippen LogP contribution < -0.4 is 21.3 Å². The Morgan fingerprint density at radius 3 is 1.29 bits per heavy atom. The molecule has 660 valence electrons. The highest BCUT2D eigenvalue weighted by molar-refractivity contribution is 5.73. The van der Waals surface area contributed by atoms with Gasteiger partial charge >= 0.3 is 11.9 Å². The average molecular weight is 1610 g/mol. The zero-order valence-corrected chi connectivity index (χ0v) is 73.6. The van der Waals surface area contributed by atoms with Crippen molar-refractivity contribution in [1.29, 1.82) is 0 Å². The van der Waals surface area contributed by atoms with Gasteiger partial charge < -0.3 is 139 Å². The molecular formula is C82H158N6O24. The lowest BCUT2D eigenvalue weighted by molar-refractivity contribution is -0.336. The van der Waals surface area contributed by atoms with Crippen molar-refractivity contribution < 1.29 is 117 Å². The third-order valence-corrected chi connectivity index (χ3v) is 26.0. The minimum absolute atomic E-state index is 0.0928. The molecule has 1 unspecified atom stereocenters. The third kappa shape index (κ3) is 23.7. The Labute approximate surface area is 671 Å². The number of nitrogens with one attached hydrogen (secondary N) is 4. The van der Waals surface area contributed by atoms with E-state index in [9.17, 15) is 60.7 Å². The van der Waals surface area contributed by atoms with Gasteiger partial charge in [0.15, 0.2) is 25.2 Å². The standard InChI is InChI=1S/2C41H79N3O12/c1-15-17-42-22-41(50)28(8)53-31(20-39(41,10)51-14)55-33-25(5)35(56-37-32(45)29(44(12)13)18-24(4)52-37)38(9,48)19-23(3)21-43-27(7)34(46)40(11,49)30(16-2)54-36(47)26(33)6;1-15-17-42-22-41(50)28(8)53-31(20-39(41,10)51-14)54-33-25(5)34(56-37-32(46)29(44(12)13)18-24(4)52-37)38(9,48)19-23(3)21-43-27(7)35(55-36(47)26(33)6)40(11,49)30(45)16-2/h2*23-35,37,42-43,45-46,48-50H,15-22H2,1-14H3/t23-,24-,25+,26-,27-,28+,29+,30-,31+,32-,33+,34-,35-,37+,38-,39-,40-,41+;23-,24-,25+,26-,27-,28+,29+,30-,31+,32-,33+,34-,35?,37+,38-,39-,40-,41+/m11/s1. The van der Waals surface area contributed by atoms with Crippen LogP contribution in [0.4, 0.5) is 0 Å². The SMILES string of the molecule is CCCNC[C@]1(O)[C@H](C)O[C@@H](O[C@H]2[C@H](C)[C@@H](O[C@@H]3O[C@H](C)C[C@H](N(C)C)[C@H]3O)[C@](C)(O)C[C@@H](C)CN[C@H](C)C([C@](C)(O)[C@H](O)CC)OC(=O)[C@@H]2C)C[C@@]1(C)OC.CCCNC[C@]1(O)[C@H](C)O[C@@H](O[C@H]2[C@H](C)[C@@H](O[C@@H]3O[C@H](C)C[C@H](N(C)C)[C@H]3O)[C@](C)(O)C[C@@H](C)CN[C@H](C)[C@@H](O)[C@](C)(O)[C@@H](CC)OC(=O)[C@@H]2C)C[C@@]1(C)OC. The molecule has 112 heavy (non-hydrogen) atoms. The molecule has 6 fully saturated rings. The second-order valence-electron chi connectivity index (χ2n) is 36.4. The fourth-order valence-corrected chi connectivity index (χ4v) is 18.4. The Bertz CT molecular complexity index is 2820. The summed E-state index contributed by atoms with van der Waals surface area (Å²) < 4.78 is 76.7. The number of likely N-dealkylation sites (N-methyl/N-ethyl adjacent to an activating group) is 2. The molecule has 0 radical (unpaired) electrons. The van der Waals surface area contributed by atoms with Gasteiger partial charge in [-0.05, 0) is 215 Å². The maximum Gasteiger partial charge on any atom is 0.311 e. The summed E-state index contributed by atoms with van der Waals surface area (Å²) in [5.74, 6) is -5.34. The topological polar surface area (TPSA) is 402 Å². The van der Waals surface area contributed by atoms with E-state index in [1.807, 2.05) is 107 Å². The van der Waals surface area contributed by atoms with Crippen LogP contribution in [0.15, 0.2) is 0 Å². The van der Waals surface area contributed by atoms with Crippen LogP contribution in [0, 0.1) is 35.5 Å². The van der Waals surface area contributed by atoms with Crippen LogP contribution in [0.1, 0.15) is 217 Å². The molecule has 6 aliphatic rings. The van der Waals surface area contributed by atoms with Crippen molar-refractivity contribution in [3.05, 3.63) is 0 Å². The monoisotopic (exact) mass is 1610 g/mol. The number of hydrogen-bond donors (Lipinski definition) is 14. The molecule has 6 aliphatic heterocycles. The van der Waals surface area contributed by atoms with E-state index >= 15 is 0 Å². The Morgan fingerprint density at radius 1 is 0.562 bits per heavy atom. The van der Waals surface area contributed by atoms with Gasteiger partial charge in [-0.3, -0.25) is 9.59 Å².